The smallest absolute Gasteiger partial charge is 0.261 e. The van der Waals surface area contributed by atoms with Crippen molar-refractivity contribution in [3.05, 3.63) is 63.4 Å². The van der Waals surface area contributed by atoms with Crippen LogP contribution < -0.4 is 10.1 Å². The zero-order valence-corrected chi connectivity index (χ0v) is 17.6. The lowest BCUT2D eigenvalue weighted by Crippen LogP contribution is -2.39. The number of hydrogen-bond acceptors (Lipinski definition) is 3. The highest BCUT2D eigenvalue weighted by atomic mass is 35.5. The summed E-state index contributed by atoms with van der Waals surface area (Å²) in [6.07, 6.45) is -0.0255. The maximum Gasteiger partial charge on any atom is 0.261 e. The molecule has 0 saturated heterocycles. The molecule has 1 amide bonds. The first-order valence-corrected chi connectivity index (χ1v) is 10.5. The number of rotatable bonds is 9. The van der Waals surface area contributed by atoms with Gasteiger partial charge in [-0.3, -0.25) is 4.79 Å². The summed E-state index contributed by atoms with van der Waals surface area (Å²) in [6, 6.07) is 9.96. The van der Waals surface area contributed by atoms with E-state index in [2.05, 4.69) is 5.32 Å². The van der Waals surface area contributed by atoms with E-state index in [1.54, 1.807) is 24.3 Å². The Morgan fingerprint density at radius 1 is 1.26 bits per heavy atom. The number of ether oxygens (including phenoxy) is 1. The number of nitrogens with one attached hydrogen (secondary N) is 1. The molecule has 0 bridgehead atoms. The van der Waals surface area contributed by atoms with E-state index in [1.807, 2.05) is 19.9 Å². The summed E-state index contributed by atoms with van der Waals surface area (Å²) in [6.45, 7) is 4.24. The summed E-state index contributed by atoms with van der Waals surface area (Å²) in [5.41, 5.74) is 1.39. The zero-order chi connectivity index (χ0) is 19.8. The normalized spacial score (nSPS) is 11.9. The lowest BCUT2D eigenvalue weighted by molar-refractivity contribution is -0.127. The minimum Gasteiger partial charge on any atom is -0.481 e. The van der Waals surface area contributed by atoms with Gasteiger partial charge in [-0.25, -0.2) is 4.39 Å². The van der Waals surface area contributed by atoms with Crippen molar-refractivity contribution in [2.24, 2.45) is 0 Å². The molecule has 0 saturated carbocycles. The molecule has 0 aliphatic carbocycles. The maximum atomic E-state index is 13.7. The second-order valence-electron chi connectivity index (χ2n) is 5.97. The predicted molar refractivity (Wildman–Crippen MR) is 111 cm³/mol. The summed E-state index contributed by atoms with van der Waals surface area (Å²) >= 11 is 13.5. The van der Waals surface area contributed by atoms with Gasteiger partial charge in [-0.05, 0) is 49.2 Å². The van der Waals surface area contributed by atoms with Crippen molar-refractivity contribution in [1.82, 2.24) is 5.32 Å². The van der Waals surface area contributed by atoms with E-state index in [4.69, 9.17) is 27.9 Å². The second kappa shape index (κ2) is 10.8. The molecule has 1 atom stereocenters. The molecule has 0 fully saturated rings. The van der Waals surface area contributed by atoms with E-state index in [0.717, 1.165) is 5.56 Å². The molecule has 0 aliphatic rings. The number of benzene rings is 2. The Bertz CT molecular complexity index is 768. The number of hydrogen-bond donors (Lipinski definition) is 1. The number of amides is 1. The van der Waals surface area contributed by atoms with Crippen LogP contribution in [0.25, 0.3) is 0 Å². The van der Waals surface area contributed by atoms with Crippen molar-refractivity contribution in [2.45, 2.75) is 32.1 Å². The molecule has 0 heterocycles. The van der Waals surface area contributed by atoms with Crippen LogP contribution in [-0.4, -0.2) is 24.3 Å². The van der Waals surface area contributed by atoms with E-state index < -0.39 is 6.10 Å². The van der Waals surface area contributed by atoms with Gasteiger partial charge in [-0.1, -0.05) is 36.2 Å². The predicted octanol–water partition coefficient (Wildman–Crippen LogP) is 5.65. The summed E-state index contributed by atoms with van der Waals surface area (Å²) in [7, 11) is 0. The van der Waals surface area contributed by atoms with Gasteiger partial charge in [0.2, 0.25) is 0 Å². The maximum absolute atomic E-state index is 13.7. The summed E-state index contributed by atoms with van der Waals surface area (Å²) in [5.74, 6) is 1.24. The Morgan fingerprint density at radius 2 is 2.04 bits per heavy atom. The quantitative estimate of drug-likeness (QED) is 0.523. The number of carbonyl (C=O) groups excluding carboxylic acids is 1. The van der Waals surface area contributed by atoms with Crippen LogP contribution in [0.15, 0.2) is 36.4 Å². The molecule has 27 heavy (non-hydrogen) atoms. The molecule has 3 nitrogen and oxygen atoms in total. The van der Waals surface area contributed by atoms with Crippen molar-refractivity contribution in [1.29, 1.82) is 0 Å². The molecule has 0 aliphatic heterocycles. The average Bonchev–Trinajstić information content (AvgIpc) is 2.64. The Kier molecular flexibility index (Phi) is 8.74. The molecule has 1 N–H and O–H groups in total. The molecule has 0 spiro atoms. The highest BCUT2D eigenvalue weighted by Gasteiger charge is 2.18. The molecule has 2 rings (SSSR count). The van der Waals surface area contributed by atoms with Crippen molar-refractivity contribution >= 4 is 40.9 Å². The first-order valence-electron chi connectivity index (χ1n) is 8.63. The van der Waals surface area contributed by atoms with E-state index >= 15 is 0 Å². The molecular formula is C20H22Cl2FNO2S. The van der Waals surface area contributed by atoms with Crippen LogP contribution in [-0.2, 0) is 10.5 Å². The fraction of sp³-hybridized carbons (Fsp3) is 0.350. The van der Waals surface area contributed by atoms with Gasteiger partial charge in [0.25, 0.3) is 5.91 Å². The molecule has 2 aromatic rings. The first kappa shape index (κ1) is 21.9. The van der Waals surface area contributed by atoms with Crippen LogP contribution in [0.3, 0.4) is 0 Å². The standard InChI is InChI=1S/C20H22Cl2FNO2S/c1-3-19(26-14-7-8-16(21)13(2)11-14)20(25)24-9-10-27-12-15-17(22)5-4-6-18(15)23/h4-8,11,19H,3,9-10,12H2,1-2H3,(H,24,25). The Balaban J connectivity index is 1.77. The Morgan fingerprint density at radius 3 is 2.70 bits per heavy atom. The van der Waals surface area contributed by atoms with Crippen LogP contribution in [0, 0.1) is 12.7 Å². The van der Waals surface area contributed by atoms with Gasteiger partial charge in [0, 0.05) is 33.7 Å². The van der Waals surface area contributed by atoms with Crippen LogP contribution in [0.2, 0.25) is 10.0 Å². The van der Waals surface area contributed by atoms with Crippen LogP contribution >= 0.6 is 35.0 Å². The highest BCUT2D eigenvalue weighted by Crippen LogP contribution is 2.24. The van der Waals surface area contributed by atoms with Crippen LogP contribution in [0.5, 0.6) is 5.75 Å². The van der Waals surface area contributed by atoms with E-state index in [-0.39, 0.29) is 11.7 Å². The number of thioether (sulfide) groups is 1. The van der Waals surface area contributed by atoms with Gasteiger partial charge in [-0.15, -0.1) is 0 Å². The largest absolute Gasteiger partial charge is 0.481 e. The summed E-state index contributed by atoms with van der Waals surface area (Å²) < 4.78 is 19.5. The topological polar surface area (TPSA) is 38.3 Å². The zero-order valence-electron chi connectivity index (χ0n) is 15.2. The van der Waals surface area contributed by atoms with E-state index in [0.29, 0.717) is 45.8 Å². The van der Waals surface area contributed by atoms with Gasteiger partial charge in [0.1, 0.15) is 11.6 Å². The summed E-state index contributed by atoms with van der Waals surface area (Å²) in [5, 5.41) is 3.94. The second-order valence-corrected chi connectivity index (χ2v) is 7.89. The Labute approximate surface area is 173 Å². The first-order chi connectivity index (χ1) is 12.9. The van der Waals surface area contributed by atoms with Gasteiger partial charge in [0.15, 0.2) is 6.10 Å². The Hall–Kier alpha value is -1.43. The minimum absolute atomic E-state index is 0.172. The van der Waals surface area contributed by atoms with Crippen molar-refractivity contribution < 1.29 is 13.9 Å². The van der Waals surface area contributed by atoms with Crippen LogP contribution in [0.4, 0.5) is 4.39 Å². The SMILES string of the molecule is CCC(Oc1ccc(Cl)c(C)c1)C(=O)NCCSCc1c(F)cccc1Cl. The van der Waals surface area contributed by atoms with Gasteiger partial charge < -0.3 is 10.1 Å². The molecule has 1 unspecified atom stereocenters. The lowest BCUT2D eigenvalue weighted by atomic mass is 10.2. The average molecular weight is 430 g/mol. The van der Waals surface area contributed by atoms with E-state index in [9.17, 15) is 9.18 Å². The monoisotopic (exact) mass is 429 g/mol. The number of aryl methyl sites for hydroxylation is 1. The molecular weight excluding hydrogens is 408 g/mol. The fourth-order valence-electron chi connectivity index (χ4n) is 2.38. The molecule has 0 radical (unpaired) electrons. The van der Waals surface area contributed by atoms with Crippen molar-refractivity contribution in [2.75, 3.05) is 12.3 Å². The van der Waals surface area contributed by atoms with E-state index in [1.165, 1.54) is 17.8 Å². The van der Waals surface area contributed by atoms with Gasteiger partial charge in [0.05, 0.1) is 0 Å². The highest BCUT2D eigenvalue weighted by molar-refractivity contribution is 7.98. The number of halogens is 3. The third-order valence-electron chi connectivity index (χ3n) is 3.92. The molecule has 7 heteroatoms. The third-order valence-corrected chi connectivity index (χ3v) is 5.69. The van der Waals surface area contributed by atoms with Gasteiger partial charge in [-0.2, -0.15) is 11.8 Å². The summed E-state index contributed by atoms with van der Waals surface area (Å²) in [4.78, 5) is 12.3. The minimum atomic E-state index is -0.573. The molecule has 2 aromatic carbocycles. The van der Waals surface area contributed by atoms with Crippen molar-refractivity contribution in [3.63, 3.8) is 0 Å². The van der Waals surface area contributed by atoms with Crippen molar-refractivity contribution in [3.8, 4) is 5.75 Å². The lowest BCUT2D eigenvalue weighted by Gasteiger charge is -2.18. The number of carbonyl (C=O) groups is 1. The molecule has 0 aromatic heterocycles. The van der Waals surface area contributed by atoms with Gasteiger partial charge >= 0.3 is 0 Å². The fourth-order valence-corrected chi connectivity index (χ4v) is 3.70. The van der Waals surface area contributed by atoms with Crippen LogP contribution in [0.1, 0.15) is 24.5 Å². The third kappa shape index (κ3) is 6.59. The molecule has 146 valence electrons.